The molecule has 1 saturated heterocycles. The Hall–Kier alpha value is -1.89. The Morgan fingerprint density at radius 1 is 0.900 bits per heavy atom. The number of fused-ring (bicyclic) bond motifs is 1. The van der Waals surface area contributed by atoms with Gasteiger partial charge in [0.05, 0.1) is 11.2 Å². The summed E-state index contributed by atoms with van der Waals surface area (Å²) < 4.78 is 16.3. The third-order valence-electron chi connectivity index (χ3n) is 6.64. The fourth-order valence-electron chi connectivity index (χ4n) is 5.06. The van der Waals surface area contributed by atoms with Gasteiger partial charge in [0, 0.05) is 55.9 Å². The van der Waals surface area contributed by atoms with Crippen LogP contribution in [0.25, 0.3) is 10.9 Å². The van der Waals surface area contributed by atoms with E-state index in [4.69, 9.17) is 23.2 Å². The Balaban J connectivity index is 1.19. The van der Waals surface area contributed by atoms with E-state index in [9.17, 15) is 4.39 Å². The second kappa shape index (κ2) is 8.33. The first-order chi connectivity index (χ1) is 14.6. The van der Waals surface area contributed by atoms with E-state index in [1.165, 1.54) is 18.9 Å². The van der Waals surface area contributed by atoms with Crippen molar-refractivity contribution in [2.75, 3.05) is 31.1 Å². The number of benzene rings is 1. The van der Waals surface area contributed by atoms with Gasteiger partial charge in [0.25, 0.3) is 0 Å². The second-order valence-electron chi connectivity index (χ2n) is 8.22. The number of nitrogens with zero attached hydrogens (tertiary/aromatic N) is 5. The fourth-order valence-corrected chi connectivity index (χ4v) is 5.42. The predicted molar refractivity (Wildman–Crippen MR) is 119 cm³/mol. The van der Waals surface area contributed by atoms with Crippen molar-refractivity contribution in [1.82, 2.24) is 19.7 Å². The molecular formula is C22H24Cl2FN5. The molecule has 0 radical (unpaired) electrons. The van der Waals surface area contributed by atoms with Crippen LogP contribution in [0.1, 0.15) is 31.7 Å². The van der Waals surface area contributed by atoms with E-state index in [0.29, 0.717) is 22.4 Å². The Morgan fingerprint density at radius 3 is 2.40 bits per heavy atom. The van der Waals surface area contributed by atoms with E-state index in [1.807, 2.05) is 12.1 Å². The van der Waals surface area contributed by atoms with Crippen LogP contribution in [-0.2, 0) is 0 Å². The first kappa shape index (κ1) is 20.0. The number of halogens is 3. The lowest BCUT2D eigenvalue weighted by Gasteiger charge is -2.43. The molecule has 158 valence electrons. The SMILES string of the molecule is Fc1cccc2c1ccn2[C@H]1CC[C@@H](N2CCN(c3cc(Cl)nnc3Cl)CC2)CC1. The zero-order valence-electron chi connectivity index (χ0n) is 16.6. The van der Waals surface area contributed by atoms with Crippen LogP contribution in [0.15, 0.2) is 36.5 Å². The summed E-state index contributed by atoms with van der Waals surface area (Å²) in [7, 11) is 0. The molecule has 0 amide bonds. The summed E-state index contributed by atoms with van der Waals surface area (Å²) in [6.07, 6.45) is 6.64. The molecular weight excluding hydrogens is 424 g/mol. The Labute approximate surface area is 185 Å². The Morgan fingerprint density at radius 2 is 1.63 bits per heavy atom. The van der Waals surface area contributed by atoms with Crippen LogP contribution in [0, 0.1) is 5.82 Å². The number of rotatable bonds is 3. The van der Waals surface area contributed by atoms with Gasteiger partial charge in [-0.3, -0.25) is 4.90 Å². The standard InChI is InChI=1S/C22H24Cl2FN5/c23-21-14-20(22(24)27-26-21)29-12-10-28(11-13-29)15-4-6-16(7-5-15)30-9-8-17-18(25)2-1-3-19(17)30/h1-3,8-9,14-16H,4-7,10-13H2/t15-,16+. The molecule has 3 aromatic rings. The van der Waals surface area contributed by atoms with Crippen LogP contribution in [0.5, 0.6) is 0 Å². The maximum atomic E-state index is 14.0. The smallest absolute Gasteiger partial charge is 0.175 e. The highest BCUT2D eigenvalue weighted by Crippen LogP contribution is 2.35. The third-order valence-corrected chi connectivity index (χ3v) is 7.10. The highest BCUT2D eigenvalue weighted by Gasteiger charge is 2.30. The molecule has 1 saturated carbocycles. The summed E-state index contributed by atoms with van der Waals surface area (Å²) in [6, 6.07) is 10.1. The Kier molecular flexibility index (Phi) is 5.56. The largest absolute Gasteiger partial charge is 0.366 e. The lowest BCUT2D eigenvalue weighted by atomic mass is 9.89. The van der Waals surface area contributed by atoms with Crippen molar-refractivity contribution in [1.29, 1.82) is 0 Å². The van der Waals surface area contributed by atoms with Crippen molar-refractivity contribution in [3.8, 4) is 0 Å². The zero-order valence-corrected chi connectivity index (χ0v) is 18.2. The van der Waals surface area contributed by atoms with Gasteiger partial charge < -0.3 is 9.47 Å². The van der Waals surface area contributed by atoms with Crippen molar-refractivity contribution >= 4 is 39.8 Å². The van der Waals surface area contributed by atoms with E-state index in [2.05, 4.69) is 30.8 Å². The normalized spacial score (nSPS) is 23.2. The van der Waals surface area contributed by atoms with E-state index >= 15 is 0 Å². The fraction of sp³-hybridized carbons (Fsp3) is 0.455. The summed E-state index contributed by atoms with van der Waals surface area (Å²) in [5, 5.41) is 9.22. The van der Waals surface area contributed by atoms with Gasteiger partial charge in [-0.15, -0.1) is 10.2 Å². The molecule has 2 aliphatic rings. The molecule has 1 aliphatic heterocycles. The van der Waals surface area contributed by atoms with E-state index in [0.717, 1.165) is 55.6 Å². The zero-order chi connectivity index (χ0) is 20.7. The number of piperazine rings is 1. The molecule has 0 spiro atoms. The molecule has 0 bridgehead atoms. The number of hydrogen-bond acceptors (Lipinski definition) is 4. The number of anilines is 1. The summed E-state index contributed by atoms with van der Waals surface area (Å²) in [5.41, 5.74) is 1.88. The lowest BCUT2D eigenvalue weighted by Crippen LogP contribution is -2.51. The van der Waals surface area contributed by atoms with Crippen molar-refractivity contribution in [3.05, 3.63) is 52.7 Å². The highest BCUT2D eigenvalue weighted by molar-refractivity contribution is 6.33. The number of aromatic nitrogens is 3. The molecule has 1 aromatic carbocycles. The first-order valence-corrected chi connectivity index (χ1v) is 11.3. The average Bonchev–Trinajstić information content (AvgIpc) is 3.21. The van der Waals surface area contributed by atoms with Crippen LogP contribution in [0.2, 0.25) is 10.3 Å². The lowest BCUT2D eigenvalue weighted by molar-refractivity contribution is 0.131. The van der Waals surface area contributed by atoms with Gasteiger partial charge in [0.15, 0.2) is 10.3 Å². The quantitative estimate of drug-likeness (QED) is 0.553. The van der Waals surface area contributed by atoms with Crippen molar-refractivity contribution in [2.45, 2.75) is 37.8 Å². The minimum Gasteiger partial charge on any atom is -0.366 e. The molecule has 5 nitrogen and oxygen atoms in total. The molecule has 0 N–H and O–H groups in total. The molecule has 1 aliphatic carbocycles. The van der Waals surface area contributed by atoms with Crippen LogP contribution in [0.4, 0.5) is 10.1 Å². The maximum Gasteiger partial charge on any atom is 0.175 e. The Bertz CT molecular complexity index is 1040. The van der Waals surface area contributed by atoms with E-state index in [1.54, 1.807) is 12.1 Å². The molecule has 30 heavy (non-hydrogen) atoms. The average molecular weight is 448 g/mol. The summed E-state index contributed by atoms with van der Waals surface area (Å²) in [4.78, 5) is 4.84. The number of hydrogen-bond donors (Lipinski definition) is 0. The van der Waals surface area contributed by atoms with Gasteiger partial charge >= 0.3 is 0 Å². The summed E-state index contributed by atoms with van der Waals surface area (Å²) in [5.74, 6) is -0.136. The minimum atomic E-state index is -0.136. The molecule has 0 atom stereocenters. The second-order valence-corrected chi connectivity index (χ2v) is 8.97. The molecule has 8 heteroatoms. The first-order valence-electron chi connectivity index (χ1n) is 10.5. The minimum absolute atomic E-state index is 0.136. The maximum absolute atomic E-state index is 14.0. The van der Waals surface area contributed by atoms with Crippen molar-refractivity contribution in [2.24, 2.45) is 0 Å². The van der Waals surface area contributed by atoms with Crippen molar-refractivity contribution < 1.29 is 4.39 Å². The molecule has 3 heterocycles. The van der Waals surface area contributed by atoms with Gasteiger partial charge in [0.2, 0.25) is 0 Å². The van der Waals surface area contributed by atoms with Gasteiger partial charge in [-0.2, -0.15) is 0 Å². The third kappa shape index (κ3) is 3.77. The van der Waals surface area contributed by atoms with Crippen LogP contribution >= 0.6 is 23.2 Å². The van der Waals surface area contributed by atoms with Gasteiger partial charge in [-0.1, -0.05) is 29.3 Å². The molecule has 0 unspecified atom stereocenters. The van der Waals surface area contributed by atoms with Gasteiger partial charge in [-0.25, -0.2) is 4.39 Å². The topological polar surface area (TPSA) is 37.2 Å². The highest BCUT2D eigenvalue weighted by atomic mass is 35.5. The monoisotopic (exact) mass is 447 g/mol. The summed E-state index contributed by atoms with van der Waals surface area (Å²) in [6.45, 7) is 3.82. The molecule has 2 aromatic heterocycles. The molecule has 5 rings (SSSR count). The predicted octanol–water partition coefficient (Wildman–Crippen LogP) is 5.18. The van der Waals surface area contributed by atoms with E-state index in [-0.39, 0.29) is 5.82 Å². The van der Waals surface area contributed by atoms with E-state index < -0.39 is 0 Å². The van der Waals surface area contributed by atoms with Crippen LogP contribution in [-0.4, -0.2) is 51.9 Å². The molecule has 2 fully saturated rings. The van der Waals surface area contributed by atoms with Crippen molar-refractivity contribution in [3.63, 3.8) is 0 Å². The van der Waals surface area contributed by atoms with Crippen LogP contribution in [0.3, 0.4) is 0 Å². The van der Waals surface area contributed by atoms with Gasteiger partial charge in [-0.05, 0) is 43.9 Å². The van der Waals surface area contributed by atoms with Crippen LogP contribution < -0.4 is 4.90 Å². The summed E-state index contributed by atoms with van der Waals surface area (Å²) >= 11 is 12.2. The van der Waals surface area contributed by atoms with Gasteiger partial charge in [0.1, 0.15) is 5.82 Å².